The smallest absolute Gasteiger partial charge is 0.256 e. The van der Waals surface area contributed by atoms with E-state index < -0.39 is 10.0 Å². The van der Waals surface area contributed by atoms with Gasteiger partial charge in [0.15, 0.2) is 0 Å². The zero-order valence-electron chi connectivity index (χ0n) is 17.5. The van der Waals surface area contributed by atoms with Gasteiger partial charge in [0.25, 0.3) is 5.91 Å². The molecule has 3 aliphatic rings. The number of hydrogen-bond donors (Lipinski definition) is 0. The third-order valence-corrected chi connectivity index (χ3v) is 8.94. The number of rotatable bonds is 5. The number of aryl methyl sites for hydroxylation is 1. The molecule has 0 aromatic heterocycles. The number of hydrogen-bond acceptors (Lipinski definition) is 3. The molecule has 164 valence electrons. The highest BCUT2D eigenvalue weighted by Gasteiger charge is 2.40. The Kier molecular flexibility index (Phi) is 5.57. The number of amides is 1. The monoisotopic (exact) mass is 458 g/mol. The van der Waals surface area contributed by atoms with Crippen LogP contribution in [0, 0.1) is 0 Å². The van der Waals surface area contributed by atoms with E-state index in [1.165, 1.54) is 27.6 Å². The van der Waals surface area contributed by atoms with E-state index in [1.807, 2.05) is 17.0 Å². The van der Waals surface area contributed by atoms with Gasteiger partial charge < -0.3 is 4.90 Å². The van der Waals surface area contributed by atoms with Crippen LogP contribution in [0.15, 0.2) is 47.4 Å². The van der Waals surface area contributed by atoms with E-state index in [0.717, 1.165) is 44.9 Å². The molecule has 1 saturated carbocycles. The fraction of sp³-hybridized carbons (Fsp3) is 0.458. The van der Waals surface area contributed by atoms with Crippen LogP contribution in [0.5, 0.6) is 0 Å². The molecule has 5 nitrogen and oxygen atoms in total. The van der Waals surface area contributed by atoms with Gasteiger partial charge in [0, 0.05) is 19.1 Å². The second-order valence-electron chi connectivity index (χ2n) is 8.80. The molecule has 1 saturated heterocycles. The Morgan fingerprint density at radius 3 is 2.48 bits per heavy atom. The maximum Gasteiger partial charge on any atom is 0.256 e. The summed E-state index contributed by atoms with van der Waals surface area (Å²) in [5.41, 5.74) is 2.80. The lowest BCUT2D eigenvalue weighted by Gasteiger charge is -2.36. The number of halogens is 1. The van der Waals surface area contributed by atoms with Crippen LogP contribution < -0.4 is 0 Å². The van der Waals surface area contributed by atoms with Crippen molar-refractivity contribution in [3.63, 3.8) is 0 Å². The minimum atomic E-state index is -3.61. The lowest BCUT2D eigenvalue weighted by Crippen LogP contribution is -2.38. The van der Waals surface area contributed by atoms with Crippen LogP contribution in [-0.4, -0.2) is 42.7 Å². The van der Waals surface area contributed by atoms with Gasteiger partial charge in [-0.1, -0.05) is 35.9 Å². The van der Waals surface area contributed by atoms with E-state index in [-0.39, 0.29) is 28.4 Å². The van der Waals surface area contributed by atoms with Crippen molar-refractivity contribution in [1.82, 2.24) is 9.21 Å². The van der Waals surface area contributed by atoms with Crippen LogP contribution in [-0.2, 0) is 16.4 Å². The third-order valence-electron chi connectivity index (χ3n) is 6.72. The summed E-state index contributed by atoms with van der Waals surface area (Å²) in [6.07, 6.45) is 6.69. The van der Waals surface area contributed by atoms with E-state index in [4.69, 9.17) is 11.6 Å². The standard InChI is InChI=1S/C24H27ClN2O3S/c25-22-13-12-19(31(29,30)26-14-3-4-15-26)16-21(22)24(28)27(18-10-11-18)23-9-5-7-17-6-1-2-8-20(17)23/h1-2,6,8,12-13,16,18,23H,3-5,7,9-11,14-15H2. The number of carbonyl (C=O) groups excluding carboxylic acids is 1. The molecule has 0 N–H and O–H groups in total. The Hall–Kier alpha value is -1.89. The van der Waals surface area contributed by atoms with Gasteiger partial charge in [0.05, 0.1) is 21.5 Å². The van der Waals surface area contributed by atoms with Crippen molar-refractivity contribution in [2.45, 2.75) is 61.9 Å². The summed E-state index contributed by atoms with van der Waals surface area (Å²) in [5, 5.41) is 0.306. The first kappa shape index (κ1) is 21.0. The SMILES string of the molecule is O=C(c1cc(S(=O)(=O)N2CCCC2)ccc1Cl)N(C1CC1)C1CCCc2ccccc21. The topological polar surface area (TPSA) is 57.7 Å². The second kappa shape index (κ2) is 8.23. The number of fused-ring (bicyclic) bond motifs is 1. The Bertz CT molecular complexity index is 1110. The van der Waals surface area contributed by atoms with Crippen LogP contribution >= 0.6 is 11.6 Å². The molecule has 2 aromatic rings. The summed E-state index contributed by atoms with van der Waals surface area (Å²) < 4.78 is 27.6. The maximum atomic E-state index is 13.8. The number of sulfonamides is 1. The van der Waals surface area contributed by atoms with Gasteiger partial charge in [-0.2, -0.15) is 4.31 Å². The van der Waals surface area contributed by atoms with Crippen molar-refractivity contribution in [1.29, 1.82) is 0 Å². The summed E-state index contributed by atoms with van der Waals surface area (Å²) in [6.45, 7) is 1.06. The molecule has 1 unspecified atom stereocenters. The van der Waals surface area contributed by atoms with Crippen LogP contribution in [0.25, 0.3) is 0 Å². The van der Waals surface area contributed by atoms with Crippen LogP contribution in [0.4, 0.5) is 0 Å². The molecule has 2 aromatic carbocycles. The minimum Gasteiger partial charge on any atom is -0.329 e. The van der Waals surface area contributed by atoms with Crippen molar-refractivity contribution < 1.29 is 13.2 Å². The van der Waals surface area contributed by atoms with E-state index in [2.05, 4.69) is 12.1 Å². The van der Waals surface area contributed by atoms with Crippen molar-refractivity contribution in [3.8, 4) is 0 Å². The first-order chi connectivity index (χ1) is 15.0. The molecule has 1 atom stereocenters. The van der Waals surface area contributed by atoms with Gasteiger partial charge in [0.2, 0.25) is 10.0 Å². The average molecular weight is 459 g/mol. The molecule has 1 aliphatic heterocycles. The highest BCUT2D eigenvalue weighted by Crippen LogP contribution is 2.42. The molecular weight excluding hydrogens is 432 g/mol. The first-order valence-corrected chi connectivity index (χ1v) is 13.0. The molecule has 0 spiro atoms. The molecule has 1 heterocycles. The van der Waals surface area contributed by atoms with E-state index in [0.29, 0.717) is 18.1 Å². The van der Waals surface area contributed by atoms with Crippen LogP contribution in [0.3, 0.4) is 0 Å². The zero-order chi connectivity index (χ0) is 21.6. The fourth-order valence-corrected chi connectivity index (χ4v) is 6.72. The van der Waals surface area contributed by atoms with E-state index >= 15 is 0 Å². The molecule has 5 rings (SSSR count). The Balaban J connectivity index is 1.52. The van der Waals surface area contributed by atoms with Crippen molar-refractivity contribution in [2.75, 3.05) is 13.1 Å². The average Bonchev–Trinajstić information content (AvgIpc) is 3.44. The molecule has 1 amide bonds. The summed E-state index contributed by atoms with van der Waals surface area (Å²) in [6, 6.07) is 13.1. The summed E-state index contributed by atoms with van der Waals surface area (Å²) >= 11 is 6.45. The van der Waals surface area contributed by atoms with Gasteiger partial charge in [-0.25, -0.2) is 8.42 Å². The molecule has 2 fully saturated rings. The Labute approximate surface area is 189 Å². The van der Waals surface area contributed by atoms with Crippen LogP contribution in [0.2, 0.25) is 5.02 Å². The third kappa shape index (κ3) is 3.90. The van der Waals surface area contributed by atoms with Gasteiger partial charge >= 0.3 is 0 Å². The molecule has 2 aliphatic carbocycles. The summed E-state index contributed by atoms with van der Waals surface area (Å²) in [5.74, 6) is -0.160. The predicted octanol–water partition coefficient (Wildman–Crippen LogP) is 4.81. The molecular formula is C24H27ClN2O3S. The van der Waals surface area contributed by atoms with Crippen molar-refractivity contribution >= 4 is 27.5 Å². The molecule has 7 heteroatoms. The quantitative estimate of drug-likeness (QED) is 0.646. The first-order valence-electron chi connectivity index (χ1n) is 11.2. The molecule has 0 bridgehead atoms. The Morgan fingerprint density at radius 1 is 1.00 bits per heavy atom. The van der Waals surface area contributed by atoms with E-state index in [1.54, 1.807) is 6.07 Å². The summed E-state index contributed by atoms with van der Waals surface area (Å²) in [7, 11) is -3.61. The minimum absolute atomic E-state index is 0.0138. The molecule has 31 heavy (non-hydrogen) atoms. The largest absolute Gasteiger partial charge is 0.329 e. The number of carbonyl (C=O) groups is 1. The second-order valence-corrected chi connectivity index (χ2v) is 11.1. The van der Waals surface area contributed by atoms with Gasteiger partial charge in [-0.3, -0.25) is 4.79 Å². The van der Waals surface area contributed by atoms with Gasteiger partial charge in [0.1, 0.15) is 0 Å². The molecule has 0 radical (unpaired) electrons. The lowest BCUT2D eigenvalue weighted by atomic mass is 9.86. The highest BCUT2D eigenvalue weighted by atomic mass is 35.5. The lowest BCUT2D eigenvalue weighted by molar-refractivity contribution is 0.0638. The van der Waals surface area contributed by atoms with Crippen molar-refractivity contribution in [2.24, 2.45) is 0 Å². The summed E-state index contributed by atoms with van der Waals surface area (Å²) in [4.78, 5) is 15.9. The number of nitrogens with zero attached hydrogens (tertiary/aromatic N) is 2. The fourth-order valence-electron chi connectivity index (χ4n) is 4.98. The maximum absolute atomic E-state index is 13.8. The van der Waals surface area contributed by atoms with Gasteiger partial charge in [-0.05, 0) is 74.3 Å². The predicted molar refractivity (Wildman–Crippen MR) is 121 cm³/mol. The van der Waals surface area contributed by atoms with Gasteiger partial charge in [-0.15, -0.1) is 0 Å². The Morgan fingerprint density at radius 2 is 1.74 bits per heavy atom. The van der Waals surface area contributed by atoms with Crippen LogP contribution in [0.1, 0.15) is 66.1 Å². The number of benzene rings is 2. The zero-order valence-corrected chi connectivity index (χ0v) is 19.0. The van der Waals surface area contributed by atoms with E-state index in [9.17, 15) is 13.2 Å². The normalized spacial score (nSPS) is 21.6. The van der Waals surface area contributed by atoms with Crippen molar-refractivity contribution in [3.05, 3.63) is 64.2 Å². The highest BCUT2D eigenvalue weighted by molar-refractivity contribution is 7.89.